The lowest BCUT2D eigenvalue weighted by molar-refractivity contribution is 0.388. The molecule has 1 atom stereocenters. The zero-order chi connectivity index (χ0) is 15.4. The van der Waals surface area contributed by atoms with Gasteiger partial charge in [0.15, 0.2) is 0 Å². The van der Waals surface area contributed by atoms with Gasteiger partial charge in [-0.2, -0.15) is 0 Å². The Morgan fingerprint density at radius 1 is 1.10 bits per heavy atom. The lowest BCUT2D eigenvalue weighted by atomic mass is 9.95. The van der Waals surface area contributed by atoms with E-state index < -0.39 is 6.04 Å². The third-order valence-electron chi connectivity index (χ3n) is 3.38. The minimum Gasteiger partial charge on any atom is -0.496 e. The molecular formula is C16H19FN2O2. The monoisotopic (exact) mass is 290 g/mol. The summed E-state index contributed by atoms with van der Waals surface area (Å²) in [5, 5.41) is 0. The Morgan fingerprint density at radius 3 is 2.43 bits per heavy atom. The minimum absolute atomic E-state index is 0.353. The number of hydrazine groups is 1. The number of nitrogens with one attached hydrogen (secondary N) is 1. The number of nitrogens with two attached hydrogens (primary N) is 1. The van der Waals surface area contributed by atoms with E-state index in [1.807, 2.05) is 25.1 Å². The predicted molar refractivity (Wildman–Crippen MR) is 79.8 cm³/mol. The quantitative estimate of drug-likeness (QED) is 0.656. The summed E-state index contributed by atoms with van der Waals surface area (Å²) in [5.41, 5.74) is 4.79. The van der Waals surface area contributed by atoms with E-state index in [9.17, 15) is 4.39 Å². The Kier molecular flexibility index (Phi) is 4.77. The molecule has 0 amide bonds. The third kappa shape index (κ3) is 2.99. The first-order valence-electron chi connectivity index (χ1n) is 6.55. The van der Waals surface area contributed by atoms with Crippen molar-refractivity contribution in [2.24, 2.45) is 5.84 Å². The summed E-state index contributed by atoms with van der Waals surface area (Å²) in [7, 11) is 3.07. The fourth-order valence-electron chi connectivity index (χ4n) is 2.38. The van der Waals surface area contributed by atoms with E-state index >= 15 is 0 Å². The standard InChI is InChI=1S/C16H19FN2O2/c1-10-7-8-13(20-2)11(9-10)16(19-18)15-12(17)5-4-6-14(15)21-3/h4-9,16,19H,18H2,1-3H3. The second-order valence-corrected chi connectivity index (χ2v) is 4.70. The fourth-order valence-corrected chi connectivity index (χ4v) is 2.38. The van der Waals surface area contributed by atoms with Gasteiger partial charge in [-0.15, -0.1) is 0 Å². The molecule has 2 aromatic carbocycles. The number of benzene rings is 2. The first-order chi connectivity index (χ1) is 10.1. The molecule has 0 fully saturated rings. The van der Waals surface area contributed by atoms with Crippen molar-refractivity contribution in [3.63, 3.8) is 0 Å². The number of aryl methyl sites for hydroxylation is 1. The average molecular weight is 290 g/mol. The van der Waals surface area contributed by atoms with Crippen LogP contribution in [0.25, 0.3) is 0 Å². The number of hydrogen-bond acceptors (Lipinski definition) is 4. The number of hydrogen-bond donors (Lipinski definition) is 2. The summed E-state index contributed by atoms with van der Waals surface area (Å²) in [4.78, 5) is 0. The van der Waals surface area contributed by atoms with Crippen molar-refractivity contribution in [1.29, 1.82) is 0 Å². The van der Waals surface area contributed by atoms with Crippen molar-refractivity contribution >= 4 is 0 Å². The van der Waals surface area contributed by atoms with Gasteiger partial charge in [-0.25, -0.2) is 9.82 Å². The third-order valence-corrected chi connectivity index (χ3v) is 3.38. The van der Waals surface area contributed by atoms with Gasteiger partial charge in [0.25, 0.3) is 0 Å². The first kappa shape index (κ1) is 15.3. The molecule has 4 nitrogen and oxygen atoms in total. The molecule has 1 unspecified atom stereocenters. The van der Waals surface area contributed by atoms with E-state index in [-0.39, 0.29) is 5.82 Å². The summed E-state index contributed by atoms with van der Waals surface area (Å²) in [6.45, 7) is 1.95. The Labute approximate surface area is 123 Å². The van der Waals surface area contributed by atoms with Crippen LogP contribution in [0.2, 0.25) is 0 Å². The van der Waals surface area contributed by atoms with Crippen LogP contribution < -0.4 is 20.7 Å². The van der Waals surface area contributed by atoms with Crippen molar-refractivity contribution in [2.45, 2.75) is 13.0 Å². The average Bonchev–Trinajstić information content (AvgIpc) is 2.49. The van der Waals surface area contributed by atoms with Gasteiger partial charge in [-0.3, -0.25) is 5.84 Å². The zero-order valence-electron chi connectivity index (χ0n) is 12.3. The van der Waals surface area contributed by atoms with Crippen LogP contribution in [0.1, 0.15) is 22.7 Å². The van der Waals surface area contributed by atoms with E-state index in [4.69, 9.17) is 15.3 Å². The van der Waals surface area contributed by atoms with Crippen molar-refractivity contribution in [3.05, 3.63) is 58.9 Å². The van der Waals surface area contributed by atoms with Crippen LogP contribution in [0.15, 0.2) is 36.4 Å². The van der Waals surface area contributed by atoms with Crippen molar-refractivity contribution in [1.82, 2.24) is 5.43 Å². The largest absolute Gasteiger partial charge is 0.496 e. The molecule has 3 N–H and O–H groups in total. The summed E-state index contributed by atoms with van der Waals surface area (Å²) in [6.07, 6.45) is 0. The molecule has 2 rings (SSSR count). The second kappa shape index (κ2) is 6.56. The molecule has 2 aromatic rings. The van der Waals surface area contributed by atoms with Crippen molar-refractivity contribution in [2.75, 3.05) is 14.2 Å². The zero-order valence-corrected chi connectivity index (χ0v) is 12.3. The van der Waals surface area contributed by atoms with Gasteiger partial charge in [0, 0.05) is 5.56 Å². The SMILES string of the molecule is COc1ccc(C)cc1C(NN)c1c(F)cccc1OC. The highest BCUT2D eigenvalue weighted by molar-refractivity contribution is 5.48. The molecule has 0 saturated heterocycles. The molecule has 21 heavy (non-hydrogen) atoms. The second-order valence-electron chi connectivity index (χ2n) is 4.70. The van der Waals surface area contributed by atoms with Gasteiger partial charge < -0.3 is 9.47 Å². The number of halogens is 1. The number of ether oxygens (including phenoxy) is 2. The topological polar surface area (TPSA) is 56.5 Å². The van der Waals surface area contributed by atoms with Gasteiger partial charge in [0.1, 0.15) is 17.3 Å². The normalized spacial score (nSPS) is 12.0. The van der Waals surface area contributed by atoms with Gasteiger partial charge >= 0.3 is 0 Å². The molecule has 0 bridgehead atoms. The van der Waals surface area contributed by atoms with E-state index in [0.717, 1.165) is 11.1 Å². The lowest BCUT2D eigenvalue weighted by Crippen LogP contribution is -2.30. The van der Waals surface area contributed by atoms with E-state index in [2.05, 4.69) is 5.43 Å². The van der Waals surface area contributed by atoms with Gasteiger partial charge in [-0.05, 0) is 25.1 Å². The molecule has 0 aliphatic carbocycles. The maximum absolute atomic E-state index is 14.3. The molecule has 112 valence electrons. The van der Waals surface area contributed by atoms with E-state index in [1.165, 1.54) is 13.2 Å². The molecule has 0 aliphatic rings. The molecule has 0 aliphatic heterocycles. The molecular weight excluding hydrogens is 271 g/mol. The van der Waals surface area contributed by atoms with Crippen LogP contribution in [0.3, 0.4) is 0 Å². The highest BCUT2D eigenvalue weighted by Crippen LogP contribution is 2.36. The van der Waals surface area contributed by atoms with Gasteiger partial charge in [0.2, 0.25) is 0 Å². The van der Waals surface area contributed by atoms with Crippen LogP contribution in [0, 0.1) is 12.7 Å². The highest BCUT2D eigenvalue weighted by Gasteiger charge is 2.24. The van der Waals surface area contributed by atoms with Crippen molar-refractivity contribution < 1.29 is 13.9 Å². The minimum atomic E-state index is -0.573. The summed E-state index contributed by atoms with van der Waals surface area (Å²) in [6, 6.07) is 9.77. The maximum Gasteiger partial charge on any atom is 0.132 e. The first-order valence-corrected chi connectivity index (χ1v) is 6.55. The van der Waals surface area contributed by atoms with Crippen molar-refractivity contribution in [3.8, 4) is 11.5 Å². The molecule has 0 aromatic heterocycles. The van der Waals surface area contributed by atoms with Crippen LogP contribution >= 0.6 is 0 Å². The smallest absolute Gasteiger partial charge is 0.132 e. The Bertz CT molecular complexity index is 632. The van der Waals surface area contributed by atoms with Gasteiger partial charge in [-0.1, -0.05) is 23.8 Å². The lowest BCUT2D eigenvalue weighted by Gasteiger charge is -2.22. The number of methoxy groups -OCH3 is 2. The number of rotatable bonds is 5. The van der Waals surface area contributed by atoms with Gasteiger partial charge in [0.05, 0.1) is 25.8 Å². The van der Waals surface area contributed by atoms with Crippen LogP contribution in [-0.2, 0) is 0 Å². The summed E-state index contributed by atoms with van der Waals surface area (Å²) >= 11 is 0. The Hall–Kier alpha value is -2.11. The molecule has 0 saturated carbocycles. The predicted octanol–water partition coefficient (Wildman–Crippen LogP) is 2.70. The van der Waals surface area contributed by atoms with Crippen LogP contribution in [-0.4, -0.2) is 14.2 Å². The summed E-state index contributed by atoms with van der Waals surface area (Å²) < 4.78 is 24.9. The van der Waals surface area contributed by atoms with E-state index in [1.54, 1.807) is 19.2 Å². The highest BCUT2D eigenvalue weighted by atomic mass is 19.1. The Balaban J connectivity index is 2.63. The van der Waals surface area contributed by atoms with E-state index in [0.29, 0.717) is 17.1 Å². The molecule has 0 heterocycles. The Morgan fingerprint density at radius 2 is 1.81 bits per heavy atom. The molecule has 0 spiro atoms. The van der Waals surface area contributed by atoms with Crippen LogP contribution in [0.5, 0.6) is 11.5 Å². The summed E-state index contributed by atoms with van der Waals surface area (Å²) in [5.74, 6) is 6.35. The maximum atomic E-state index is 14.3. The molecule has 0 radical (unpaired) electrons. The van der Waals surface area contributed by atoms with Crippen LogP contribution in [0.4, 0.5) is 4.39 Å². The fraction of sp³-hybridized carbons (Fsp3) is 0.250. The molecule has 5 heteroatoms.